The molecular weight excluding hydrogens is 248 g/mol. The minimum absolute atomic E-state index is 0.321. The second-order valence-electron chi connectivity index (χ2n) is 5.83. The van der Waals surface area contributed by atoms with Gasteiger partial charge < -0.3 is 5.32 Å². The predicted molar refractivity (Wildman–Crippen MR) is 74.0 cm³/mol. The van der Waals surface area contributed by atoms with E-state index in [0.29, 0.717) is 24.1 Å². The lowest BCUT2D eigenvalue weighted by molar-refractivity contribution is 0.355. The molecule has 0 spiro atoms. The molecule has 0 aromatic heterocycles. The highest BCUT2D eigenvalue weighted by Gasteiger charge is 2.22. The zero-order valence-corrected chi connectivity index (χ0v) is 12.0. The van der Waals surface area contributed by atoms with Gasteiger partial charge in [0, 0.05) is 6.54 Å². The van der Waals surface area contributed by atoms with Crippen LogP contribution in [0.1, 0.15) is 44.9 Å². The standard InChI is InChI=1S/C13H26N2O2S/c16-18(17,11-13-6-8-14-9-7-13)15-10-12-4-2-1-3-5-12/h12-15H,1-11H2. The molecule has 0 amide bonds. The first-order valence-corrected chi connectivity index (χ1v) is 8.99. The van der Waals surface area contributed by atoms with Crippen LogP contribution in [0.25, 0.3) is 0 Å². The first-order chi connectivity index (χ1) is 8.66. The molecule has 1 heterocycles. The second-order valence-corrected chi connectivity index (χ2v) is 7.68. The maximum atomic E-state index is 12.0. The molecule has 1 saturated heterocycles. The lowest BCUT2D eigenvalue weighted by atomic mass is 9.90. The van der Waals surface area contributed by atoms with Crippen molar-refractivity contribution >= 4 is 10.0 Å². The van der Waals surface area contributed by atoms with E-state index < -0.39 is 10.0 Å². The van der Waals surface area contributed by atoms with Gasteiger partial charge in [-0.1, -0.05) is 19.3 Å². The first kappa shape index (κ1) is 14.3. The summed E-state index contributed by atoms with van der Waals surface area (Å²) >= 11 is 0. The van der Waals surface area contributed by atoms with Gasteiger partial charge in [0.2, 0.25) is 10.0 Å². The van der Waals surface area contributed by atoms with Crippen LogP contribution in [0.2, 0.25) is 0 Å². The molecule has 2 fully saturated rings. The predicted octanol–water partition coefficient (Wildman–Crippen LogP) is 1.49. The number of hydrogen-bond donors (Lipinski definition) is 2. The number of sulfonamides is 1. The van der Waals surface area contributed by atoms with Crippen LogP contribution in [0.4, 0.5) is 0 Å². The van der Waals surface area contributed by atoms with Gasteiger partial charge >= 0.3 is 0 Å². The Morgan fingerprint density at radius 3 is 2.28 bits per heavy atom. The lowest BCUT2D eigenvalue weighted by Gasteiger charge is -2.24. The monoisotopic (exact) mass is 274 g/mol. The number of nitrogens with one attached hydrogen (secondary N) is 2. The molecule has 0 radical (unpaired) electrons. The summed E-state index contributed by atoms with van der Waals surface area (Å²) in [6, 6.07) is 0. The van der Waals surface area contributed by atoms with Crippen molar-refractivity contribution in [3.63, 3.8) is 0 Å². The van der Waals surface area contributed by atoms with Crippen molar-refractivity contribution < 1.29 is 8.42 Å². The highest BCUT2D eigenvalue weighted by molar-refractivity contribution is 7.89. The van der Waals surface area contributed by atoms with Crippen LogP contribution in [0.3, 0.4) is 0 Å². The van der Waals surface area contributed by atoms with E-state index in [-0.39, 0.29) is 0 Å². The number of rotatable bonds is 5. The van der Waals surface area contributed by atoms with Gasteiger partial charge in [-0.3, -0.25) is 0 Å². The van der Waals surface area contributed by atoms with Crippen LogP contribution in [-0.4, -0.2) is 33.8 Å². The molecule has 0 bridgehead atoms. The van der Waals surface area contributed by atoms with E-state index in [1.54, 1.807) is 0 Å². The van der Waals surface area contributed by atoms with Crippen molar-refractivity contribution in [1.82, 2.24) is 10.0 Å². The highest BCUT2D eigenvalue weighted by Crippen LogP contribution is 2.23. The maximum absolute atomic E-state index is 12.0. The molecule has 2 N–H and O–H groups in total. The van der Waals surface area contributed by atoms with E-state index >= 15 is 0 Å². The van der Waals surface area contributed by atoms with Crippen molar-refractivity contribution in [2.75, 3.05) is 25.4 Å². The quantitative estimate of drug-likeness (QED) is 0.798. The largest absolute Gasteiger partial charge is 0.317 e. The molecule has 1 aliphatic carbocycles. The molecule has 0 unspecified atom stereocenters. The highest BCUT2D eigenvalue weighted by atomic mass is 32.2. The van der Waals surface area contributed by atoms with Gasteiger partial charge in [0.05, 0.1) is 5.75 Å². The summed E-state index contributed by atoms with van der Waals surface area (Å²) < 4.78 is 26.8. The summed E-state index contributed by atoms with van der Waals surface area (Å²) in [5.41, 5.74) is 0. The van der Waals surface area contributed by atoms with Crippen molar-refractivity contribution in [3.05, 3.63) is 0 Å². The Morgan fingerprint density at radius 1 is 0.944 bits per heavy atom. The molecule has 2 rings (SSSR count). The number of piperidine rings is 1. The summed E-state index contributed by atoms with van der Waals surface area (Å²) in [5, 5.41) is 3.27. The lowest BCUT2D eigenvalue weighted by Crippen LogP contribution is -2.37. The fourth-order valence-corrected chi connectivity index (χ4v) is 4.62. The van der Waals surface area contributed by atoms with Crippen LogP contribution in [-0.2, 0) is 10.0 Å². The third-order valence-corrected chi connectivity index (χ3v) is 5.75. The minimum Gasteiger partial charge on any atom is -0.317 e. The van der Waals surface area contributed by atoms with Gasteiger partial charge in [0.25, 0.3) is 0 Å². The Balaban J connectivity index is 1.72. The maximum Gasteiger partial charge on any atom is 0.211 e. The van der Waals surface area contributed by atoms with Gasteiger partial charge in [-0.05, 0) is 50.6 Å². The molecule has 1 aliphatic heterocycles. The van der Waals surface area contributed by atoms with Crippen LogP contribution < -0.4 is 10.0 Å². The summed E-state index contributed by atoms with van der Waals surface area (Å²) in [6.07, 6.45) is 8.21. The van der Waals surface area contributed by atoms with E-state index in [9.17, 15) is 8.42 Å². The molecule has 1 saturated carbocycles. The van der Waals surface area contributed by atoms with E-state index in [4.69, 9.17) is 0 Å². The Hall–Kier alpha value is -0.130. The van der Waals surface area contributed by atoms with Crippen LogP contribution in [0, 0.1) is 11.8 Å². The molecule has 18 heavy (non-hydrogen) atoms. The van der Waals surface area contributed by atoms with Gasteiger partial charge in [-0.25, -0.2) is 13.1 Å². The molecule has 2 aliphatic rings. The van der Waals surface area contributed by atoms with E-state index in [0.717, 1.165) is 25.9 Å². The van der Waals surface area contributed by atoms with Gasteiger partial charge in [-0.15, -0.1) is 0 Å². The van der Waals surface area contributed by atoms with Crippen LogP contribution >= 0.6 is 0 Å². The Bertz CT molecular complexity index is 331. The van der Waals surface area contributed by atoms with Gasteiger partial charge in [0.15, 0.2) is 0 Å². The smallest absolute Gasteiger partial charge is 0.211 e. The Labute approximate surface area is 111 Å². The molecule has 0 aromatic rings. The first-order valence-electron chi connectivity index (χ1n) is 7.34. The zero-order valence-electron chi connectivity index (χ0n) is 11.2. The van der Waals surface area contributed by atoms with Crippen molar-refractivity contribution in [2.24, 2.45) is 11.8 Å². The summed E-state index contributed by atoms with van der Waals surface area (Å²) in [5.74, 6) is 1.23. The average Bonchev–Trinajstić information content (AvgIpc) is 2.38. The van der Waals surface area contributed by atoms with Crippen LogP contribution in [0.5, 0.6) is 0 Å². The summed E-state index contributed by atoms with van der Waals surface area (Å²) in [4.78, 5) is 0. The molecule has 5 heteroatoms. The van der Waals surface area contributed by atoms with Crippen LogP contribution in [0.15, 0.2) is 0 Å². The fraction of sp³-hybridized carbons (Fsp3) is 1.00. The Morgan fingerprint density at radius 2 is 1.61 bits per heavy atom. The van der Waals surface area contributed by atoms with Crippen molar-refractivity contribution in [1.29, 1.82) is 0 Å². The second kappa shape index (κ2) is 6.87. The van der Waals surface area contributed by atoms with Gasteiger partial charge in [-0.2, -0.15) is 0 Å². The van der Waals surface area contributed by atoms with E-state index in [2.05, 4.69) is 10.0 Å². The van der Waals surface area contributed by atoms with Crippen molar-refractivity contribution in [2.45, 2.75) is 44.9 Å². The molecule has 0 aromatic carbocycles. The SMILES string of the molecule is O=S(=O)(CC1CCNCC1)NCC1CCCCC1. The topological polar surface area (TPSA) is 58.2 Å². The van der Waals surface area contributed by atoms with Gasteiger partial charge in [0.1, 0.15) is 0 Å². The molecule has 0 atom stereocenters. The summed E-state index contributed by atoms with van der Waals surface area (Å²) in [7, 11) is -3.06. The molecule has 4 nitrogen and oxygen atoms in total. The fourth-order valence-electron chi connectivity index (χ4n) is 3.05. The number of hydrogen-bond acceptors (Lipinski definition) is 3. The van der Waals surface area contributed by atoms with Crippen molar-refractivity contribution in [3.8, 4) is 0 Å². The zero-order chi connectivity index (χ0) is 12.8. The average molecular weight is 274 g/mol. The Kier molecular flexibility index (Phi) is 5.45. The third kappa shape index (κ3) is 4.86. The normalized spacial score (nSPS) is 24.2. The molecule has 106 valence electrons. The summed E-state index contributed by atoms with van der Waals surface area (Å²) in [6.45, 7) is 2.58. The van der Waals surface area contributed by atoms with E-state index in [1.807, 2.05) is 0 Å². The minimum atomic E-state index is -3.06. The third-order valence-electron chi connectivity index (χ3n) is 4.23. The van der Waals surface area contributed by atoms with E-state index in [1.165, 1.54) is 32.1 Å². The molecular formula is C13H26N2O2S.